The third-order valence-electron chi connectivity index (χ3n) is 3.06. The molecule has 1 atom stereocenters. The van der Waals surface area contributed by atoms with Gasteiger partial charge in [-0.05, 0) is 35.1 Å². The van der Waals surface area contributed by atoms with Crippen molar-refractivity contribution in [2.45, 2.75) is 46.1 Å². The van der Waals surface area contributed by atoms with E-state index in [0.717, 1.165) is 0 Å². The summed E-state index contributed by atoms with van der Waals surface area (Å²) in [6, 6.07) is 2.04. The summed E-state index contributed by atoms with van der Waals surface area (Å²) >= 11 is 0. The average Bonchev–Trinajstić information content (AvgIpc) is 2.37. The van der Waals surface area contributed by atoms with Gasteiger partial charge in [-0.3, -0.25) is 0 Å². The van der Waals surface area contributed by atoms with Gasteiger partial charge in [0.2, 0.25) is 0 Å². The number of nitrogens with two attached hydrogens (primary N) is 1. The van der Waals surface area contributed by atoms with Gasteiger partial charge in [-0.15, -0.1) is 4.36 Å². The smallest absolute Gasteiger partial charge is 0.387 e. The van der Waals surface area contributed by atoms with Crippen LogP contribution in [0.4, 0.5) is 19.3 Å². The number of ether oxygens (including phenoxy) is 1. The van der Waals surface area contributed by atoms with Crippen LogP contribution in [0, 0.1) is 0 Å². The number of nitrogens with zero attached hydrogens (tertiary/aromatic N) is 1. The summed E-state index contributed by atoms with van der Waals surface area (Å²) < 4.78 is 43.5. The summed E-state index contributed by atoms with van der Waals surface area (Å²) in [5, 5.41) is 7.54. The highest BCUT2D eigenvalue weighted by Crippen LogP contribution is 2.37. The number of hydrogen-bond acceptors (Lipinski definition) is 3. The Bertz CT molecular complexity index is 628. The van der Waals surface area contributed by atoms with E-state index in [1.165, 1.54) is 12.1 Å². The van der Waals surface area contributed by atoms with E-state index in [1.807, 2.05) is 27.7 Å². The van der Waals surface area contributed by atoms with Crippen LogP contribution in [0.3, 0.4) is 0 Å². The van der Waals surface area contributed by atoms with Crippen molar-refractivity contribution in [2.75, 3.05) is 5.32 Å². The molecule has 1 aromatic rings. The predicted molar refractivity (Wildman–Crippen MR) is 86.4 cm³/mol. The van der Waals surface area contributed by atoms with Crippen molar-refractivity contribution in [3.63, 3.8) is 0 Å². The summed E-state index contributed by atoms with van der Waals surface area (Å²) in [5.41, 5.74) is 1.67. The van der Waals surface area contributed by atoms with E-state index in [2.05, 4.69) is 14.4 Å². The first-order valence-corrected chi connectivity index (χ1v) is 8.27. The fourth-order valence-electron chi connectivity index (χ4n) is 2.11. The number of hydrogen-bond donors (Lipinski definition) is 3. The Balaban J connectivity index is 3.42. The highest BCUT2D eigenvalue weighted by molar-refractivity contribution is 7.72. The Morgan fingerprint density at radius 2 is 1.70 bits per heavy atom. The first kappa shape index (κ1) is 19.3. The summed E-state index contributed by atoms with van der Waals surface area (Å²) in [6.07, 6.45) is 0. The van der Waals surface area contributed by atoms with E-state index in [-0.39, 0.29) is 17.6 Å². The second-order valence-corrected chi connectivity index (χ2v) is 6.30. The van der Waals surface area contributed by atoms with E-state index in [9.17, 15) is 17.8 Å². The molecule has 0 spiro atoms. The van der Waals surface area contributed by atoms with Crippen molar-refractivity contribution in [3.8, 4) is 5.75 Å². The van der Waals surface area contributed by atoms with E-state index in [4.69, 9.17) is 5.14 Å². The van der Waals surface area contributed by atoms with Gasteiger partial charge in [-0.2, -0.15) is 8.78 Å². The molecule has 6 nitrogen and oxygen atoms in total. The number of alkyl halides is 2. The van der Waals surface area contributed by atoms with Crippen LogP contribution in [-0.4, -0.2) is 16.9 Å². The first-order valence-electron chi connectivity index (χ1n) is 6.99. The second-order valence-electron chi connectivity index (χ2n) is 5.50. The molecule has 0 aliphatic heterocycles. The molecule has 0 aromatic heterocycles. The molecule has 0 aliphatic rings. The minimum absolute atomic E-state index is 0.0206. The molecule has 0 bridgehead atoms. The number of amides is 2. The lowest BCUT2D eigenvalue weighted by Gasteiger charge is -2.21. The molecule has 1 rings (SSSR count). The average molecular weight is 349 g/mol. The standard InChI is InChI=1S/C14H21F2N3O3S/c1-7(2)10-5-9(22-13(15)16)6-11(8(3)4)12(10)18-14(20)19-23(17)21/h5-8,13,23H,1-4H3,(H3,17,18,19,20,21). The zero-order chi connectivity index (χ0) is 17.7. The molecule has 1 aromatic carbocycles. The van der Waals surface area contributed by atoms with Crippen molar-refractivity contribution in [2.24, 2.45) is 9.50 Å². The summed E-state index contributed by atoms with van der Waals surface area (Å²) in [5.74, 6) is -0.126. The number of thiol groups is 1. The van der Waals surface area contributed by atoms with Gasteiger partial charge in [-0.1, -0.05) is 27.7 Å². The lowest BCUT2D eigenvalue weighted by atomic mass is 9.92. The monoisotopic (exact) mass is 349 g/mol. The van der Waals surface area contributed by atoms with Gasteiger partial charge in [0.25, 0.3) is 0 Å². The fraction of sp³-hybridized carbons (Fsp3) is 0.500. The molecule has 9 heteroatoms. The van der Waals surface area contributed by atoms with Crippen molar-refractivity contribution in [1.29, 1.82) is 0 Å². The van der Waals surface area contributed by atoms with Crippen LogP contribution >= 0.6 is 0 Å². The quantitative estimate of drug-likeness (QED) is 0.709. The molecule has 2 amide bonds. The zero-order valence-electron chi connectivity index (χ0n) is 13.3. The lowest BCUT2D eigenvalue weighted by Crippen LogP contribution is -2.14. The SMILES string of the molecule is CC(C)c1cc(OC(F)F)cc(C(C)C)c1NC(=O)/N=[SH](\N)=O. The third-order valence-corrected chi connectivity index (χ3v) is 3.44. The van der Waals surface area contributed by atoms with Gasteiger partial charge < -0.3 is 10.1 Å². The van der Waals surface area contributed by atoms with Crippen molar-refractivity contribution in [1.82, 2.24) is 0 Å². The van der Waals surface area contributed by atoms with Gasteiger partial charge in [0.15, 0.2) is 0 Å². The molecule has 0 fully saturated rings. The van der Waals surface area contributed by atoms with Crippen LogP contribution < -0.4 is 15.2 Å². The maximum Gasteiger partial charge on any atom is 0.387 e. The highest BCUT2D eigenvalue weighted by Gasteiger charge is 2.19. The number of nitrogens with one attached hydrogen (secondary N) is 1. The molecule has 1 unspecified atom stereocenters. The van der Waals surface area contributed by atoms with Crippen molar-refractivity contribution < 1.29 is 22.5 Å². The molecule has 0 saturated heterocycles. The van der Waals surface area contributed by atoms with Gasteiger partial charge >= 0.3 is 12.6 Å². The molecule has 3 N–H and O–H groups in total. The van der Waals surface area contributed by atoms with Crippen LogP contribution in [-0.2, 0) is 10.8 Å². The van der Waals surface area contributed by atoms with Crippen LogP contribution in [0.15, 0.2) is 16.5 Å². The number of urea groups is 1. The normalized spacial score (nSPS) is 13.0. The van der Waals surface area contributed by atoms with Gasteiger partial charge in [0.05, 0.1) is 0 Å². The molecule has 0 aliphatic carbocycles. The van der Waals surface area contributed by atoms with E-state index in [0.29, 0.717) is 16.8 Å². The molecule has 130 valence electrons. The molecule has 0 saturated carbocycles. The van der Waals surface area contributed by atoms with Crippen LogP contribution in [0.1, 0.15) is 50.7 Å². The maximum absolute atomic E-state index is 12.5. The lowest BCUT2D eigenvalue weighted by molar-refractivity contribution is -0.0499. The van der Waals surface area contributed by atoms with Crippen LogP contribution in [0.5, 0.6) is 5.75 Å². The minimum atomic E-state index is -2.94. The van der Waals surface area contributed by atoms with Crippen molar-refractivity contribution >= 4 is 22.5 Å². The minimum Gasteiger partial charge on any atom is -0.435 e. The molecule has 23 heavy (non-hydrogen) atoms. The zero-order valence-corrected chi connectivity index (χ0v) is 14.2. The number of anilines is 1. The van der Waals surface area contributed by atoms with Crippen LogP contribution in [0.2, 0.25) is 0 Å². The molecule has 0 heterocycles. The Morgan fingerprint density at radius 3 is 2.04 bits per heavy atom. The largest absolute Gasteiger partial charge is 0.435 e. The maximum atomic E-state index is 12.5. The summed E-state index contributed by atoms with van der Waals surface area (Å²) in [4.78, 5) is 11.7. The number of halogens is 2. The predicted octanol–water partition coefficient (Wildman–Crippen LogP) is 3.61. The number of rotatable bonds is 5. The van der Waals surface area contributed by atoms with Gasteiger partial charge in [-0.25, -0.2) is 14.1 Å². The van der Waals surface area contributed by atoms with Crippen molar-refractivity contribution in [3.05, 3.63) is 23.3 Å². The summed E-state index contributed by atoms with van der Waals surface area (Å²) in [6.45, 7) is 4.46. The Labute approximate surface area is 135 Å². The highest BCUT2D eigenvalue weighted by atomic mass is 32.2. The van der Waals surface area contributed by atoms with E-state index < -0.39 is 23.4 Å². The molecule has 0 radical (unpaired) electrons. The van der Waals surface area contributed by atoms with Gasteiger partial charge in [0, 0.05) is 5.69 Å². The fourth-order valence-corrected chi connectivity index (χ4v) is 2.34. The molecular weight excluding hydrogens is 328 g/mol. The number of benzene rings is 1. The van der Waals surface area contributed by atoms with E-state index in [1.54, 1.807) is 0 Å². The Hall–Kier alpha value is -1.74. The van der Waals surface area contributed by atoms with Gasteiger partial charge in [0.1, 0.15) is 16.5 Å². The second kappa shape index (κ2) is 8.21. The topological polar surface area (TPSA) is 93.8 Å². The van der Waals surface area contributed by atoms with Crippen LogP contribution in [0.25, 0.3) is 0 Å². The Kier molecular flexibility index (Phi) is 6.89. The van der Waals surface area contributed by atoms with E-state index >= 15 is 0 Å². The Morgan fingerprint density at radius 1 is 1.22 bits per heavy atom. The third kappa shape index (κ3) is 5.76. The number of carbonyl (C=O) groups excluding carboxylic acids is 1. The first-order chi connectivity index (χ1) is 10.6. The molecular formula is C14H21F2N3O3S. The summed E-state index contributed by atoms with van der Waals surface area (Å²) in [7, 11) is -2.46. The number of carbonyl (C=O) groups is 1.